The monoisotopic (exact) mass is 376 g/mol. The van der Waals surface area contributed by atoms with E-state index in [0.717, 1.165) is 16.2 Å². The molecule has 2 aromatic rings. The second-order valence-electron chi connectivity index (χ2n) is 7.42. The summed E-state index contributed by atoms with van der Waals surface area (Å²) in [5.74, 6) is -2.66. The van der Waals surface area contributed by atoms with E-state index in [2.05, 4.69) is 0 Å². The van der Waals surface area contributed by atoms with Crippen LogP contribution in [0.5, 0.6) is 0 Å². The molecule has 4 unspecified atom stereocenters. The summed E-state index contributed by atoms with van der Waals surface area (Å²) < 4.78 is 13.3. The number of carbonyl (C=O) groups excluding carboxylic acids is 3. The lowest BCUT2D eigenvalue weighted by Gasteiger charge is -2.36. The zero-order valence-corrected chi connectivity index (χ0v) is 15.1. The van der Waals surface area contributed by atoms with Gasteiger partial charge in [-0.2, -0.15) is 0 Å². The Morgan fingerprint density at radius 3 is 2.39 bits per heavy atom. The predicted octanol–water partition coefficient (Wildman–Crippen LogP) is 2.52. The minimum Gasteiger partial charge on any atom is -0.352 e. The standard InChI is InChI=1S/C22H17FN2O3/c1-24-21(27)17-16-11-8-12-4-2-3-5-15(12)25(16)19(18(17)22(24)28)20(26)13-6-9-14(23)10-7-13/h2-11,16-19H,1H3. The van der Waals surface area contributed by atoms with Crippen molar-refractivity contribution >= 4 is 29.4 Å². The van der Waals surface area contributed by atoms with Crippen LogP contribution >= 0.6 is 0 Å². The zero-order chi connectivity index (χ0) is 19.6. The van der Waals surface area contributed by atoms with Crippen molar-refractivity contribution in [3.63, 3.8) is 0 Å². The zero-order valence-electron chi connectivity index (χ0n) is 15.1. The van der Waals surface area contributed by atoms with Gasteiger partial charge in [0.1, 0.15) is 11.9 Å². The number of likely N-dealkylation sites (tertiary alicyclic amines) is 1. The average molecular weight is 376 g/mol. The van der Waals surface area contributed by atoms with Gasteiger partial charge in [-0.15, -0.1) is 0 Å². The van der Waals surface area contributed by atoms with E-state index in [1.165, 1.54) is 31.3 Å². The maximum atomic E-state index is 13.5. The van der Waals surface area contributed by atoms with Crippen LogP contribution < -0.4 is 4.90 Å². The van der Waals surface area contributed by atoms with Crippen molar-refractivity contribution in [3.8, 4) is 0 Å². The van der Waals surface area contributed by atoms with Crippen LogP contribution in [0, 0.1) is 17.7 Å². The van der Waals surface area contributed by atoms with Crippen LogP contribution in [0.3, 0.4) is 0 Å². The van der Waals surface area contributed by atoms with Gasteiger partial charge in [-0.05, 0) is 35.9 Å². The summed E-state index contributed by atoms with van der Waals surface area (Å²) in [6.07, 6.45) is 3.84. The molecular formula is C22H17FN2O3. The van der Waals surface area contributed by atoms with Crippen LogP contribution in [0.1, 0.15) is 15.9 Å². The SMILES string of the molecule is CN1C(=O)C2C(C1=O)C(C(=O)c1ccc(F)cc1)N1c3ccccc3C=CC21. The highest BCUT2D eigenvalue weighted by atomic mass is 19.1. The van der Waals surface area contributed by atoms with Crippen molar-refractivity contribution in [3.05, 3.63) is 71.6 Å². The normalized spacial score (nSPS) is 27.6. The number of anilines is 1. The summed E-state index contributed by atoms with van der Waals surface area (Å²) in [7, 11) is 1.47. The third-order valence-corrected chi connectivity index (χ3v) is 6.03. The van der Waals surface area contributed by atoms with Crippen LogP contribution in [0.25, 0.3) is 6.08 Å². The highest BCUT2D eigenvalue weighted by Crippen LogP contribution is 2.48. The lowest BCUT2D eigenvalue weighted by Crippen LogP contribution is -2.48. The number of ketones is 1. The first-order valence-corrected chi connectivity index (χ1v) is 9.16. The number of hydrogen-bond acceptors (Lipinski definition) is 4. The number of benzene rings is 2. The molecule has 0 N–H and O–H groups in total. The fourth-order valence-electron chi connectivity index (χ4n) is 4.75. The van der Waals surface area contributed by atoms with Crippen LogP contribution in [-0.2, 0) is 9.59 Å². The Kier molecular flexibility index (Phi) is 3.53. The number of nitrogens with zero attached hydrogens (tertiary/aromatic N) is 2. The summed E-state index contributed by atoms with van der Waals surface area (Å²) in [6.45, 7) is 0. The Morgan fingerprint density at radius 2 is 1.64 bits per heavy atom. The summed E-state index contributed by atoms with van der Waals surface area (Å²) in [6, 6.07) is 11.8. The van der Waals surface area contributed by atoms with Gasteiger partial charge >= 0.3 is 0 Å². The highest BCUT2D eigenvalue weighted by molar-refractivity contribution is 6.13. The molecule has 0 saturated carbocycles. The van der Waals surface area contributed by atoms with Gasteiger partial charge in [-0.1, -0.05) is 30.4 Å². The Morgan fingerprint density at radius 1 is 0.964 bits per heavy atom. The molecule has 3 aliphatic rings. The van der Waals surface area contributed by atoms with Gasteiger partial charge in [0.05, 0.1) is 17.9 Å². The van der Waals surface area contributed by atoms with Crippen molar-refractivity contribution < 1.29 is 18.8 Å². The maximum Gasteiger partial charge on any atom is 0.235 e. The molecule has 0 radical (unpaired) electrons. The largest absolute Gasteiger partial charge is 0.352 e. The summed E-state index contributed by atoms with van der Waals surface area (Å²) in [5.41, 5.74) is 2.09. The summed E-state index contributed by atoms with van der Waals surface area (Å²) in [4.78, 5) is 42.2. The summed E-state index contributed by atoms with van der Waals surface area (Å²) in [5, 5.41) is 0. The second kappa shape index (κ2) is 5.86. The highest BCUT2D eigenvalue weighted by Gasteiger charge is 2.63. The number of Topliss-reactive ketones (excluding diaryl/α,β-unsaturated/α-hetero) is 1. The minimum atomic E-state index is -0.812. The van der Waals surface area contributed by atoms with Crippen LogP contribution in [-0.4, -0.2) is 41.6 Å². The quantitative estimate of drug-likeness (QED) is 0.597. The molecule has 3 aliphatic heterocycles. The number of imide groups is 1. The molecule has 140 valence electrons. The second-order valence-corrected chi connectivity index (χ2v) is 7.42. The van der Waals surface area contributed by atoms with E-state index in [-0.39, 0.29) is 23.6 Å². The van der Waals surface area contributed by atoms with Crippen molar-refractivity contribution in [2.75, 3.05) is 11.9 Å². The lowest BCUT2D eigenvalue weighted by molar-refractivity contribution is -0.138. The first-order chi connectivity index (χ1) is 13.5. The summed E-state index contributed by atoms with van der Waals surface area (Å²) >= 11 is 0. The van der Waals surface area contributed by atoms with Crippen molar-refractivity contribution in [2.45, 2.75) is 12.1 Å². The van der Waals surface area contributed by atoms with E-state index in [9.17, 15) is 18.8 Å². The number of rotatable bonds is 2. The van der Waals surface area contributed by atoms with Gasteiger partial charge in [0.15, 0.2) is 5.78 Å². The number of carbonyl (C=O) groups is 3. The topological polar surface area (TPSA) is 57.7 Å². The molecule has 2 fully saturated rings. The molecule has 0 spiro atoms. The molecule has 0 bridgehead atoms. The Hall–Kier alpha value is -3.28. The van der Waals surface area contributed by atoms with E-state index < -0.39 is 23.7 Å². The predicted molar refractivity (Wildman–Crippen MR) is 101 cm³/mol. The number of fused-ring (bicyclic) bond motifs is 5. The smallest absolute Gasteiger partial charge is 0.235 e. The Bertz CT molecular complexity index is 1050. The number of para-hydroxylation sites is 1. The third kappa shape index (κ3) is 2.14. The Labute approximate surface area is 161 Å². The maximum absolute atomic E-state index is 13.5. The van der Waals surface area contributed by atoms with Gasteiger partial charge in [0, 0.05) is 18.3 Å². The average Bonchev–Trinajstić information content (AvgIpc) is 3.17. The fraction of sp³-hybridized carbons (Fsp3) is 0.227. The third-order valence-electron chi connectivity index (χ3n) is 6.03. The molecule has 6 heteroatoms. The van der Waals surface area contributed by atoms with Gasteiger partial charge < -0.3 is 4.90 Å². The van der Waals surface area contributed by atoms with E-state index in [1.807, 2.05) is 41.3 Å². The molecule has 28 heavy (non-hydrogen) atoms. The molecule has 3 heterocycles. The first-order valence-electron chi connectivity index (χ1n) is 9.16. The lowest BCUT2D eigenvalue weighted by atomic mass is 9.86. The Balaban J connectivity index is 1.67. The van der Waals surface area contributed by atoms with Gasteiger partial charge in [-0.3, -0.25) is 19.3 Å². The van der Waals surface area contributed by atoms with Gasteiger partial charge in [0.25, 0.3) is 0 Å². The number of halogens is 1. The molecule has 4 atom stereocenters. The van der Waals surface area contributed by atoms with E-state index >= 15 is 0 Å². The molecule has 2 amide bonds. The van der Waals surface area contributed by atoms with Crippen molar-refractivity contribution in [1.29, 1.82) is 0 Å². The molecular weight excluding hydrogens is 359 g/mol. The first kappa shape index (κ1) is 16.9. The van der Waals surface area contributed by atoms with E-state index in [1.54, 1.807) is 0 Å². The fourth-order valence-corrected chi connectivity index (χ4v) is 4.75. The number of amides is 2. The molecule has 0 aliphatic carbocycles. The molecule has 5 nitrogen and oxygen atoms in total. The molecule has 0 aromatic heterocycles. The van der Waals surface area contributed by atoms with Crippen LogP contribution in [0.2, 0.25) is 0 Å². The molecule has 2 aromatic carbocycles. The van der Waals surface area contributed by atoms with Crippen molar-refractivity contribution in [2.24, 2.45) is 11.8 Å². The van der Waals surface area contributed by atoms with E-state index in [0.29, 0.717) is 5.56 Å². The molecule has 5 rings (SSSR count). The molecule has 2 saturated heterocycles. The van der Waals surface area contributed by atoms with Gasteiger partial charge in [-0.25, -0.2) is 4.39 Å². The van der Waals surface area contributed by atoms with Crippen LogP contribution in [0.4, 0.5) is 10.1 Å². The van der Waals surface area contributed by atoms with Gasteiger partial charge in [0.2, 0.25) is 11.8 Å². The van der Waals surface area contributed by atoms with Crippen LogP contribution in [0.15, 0.2) is 54.6 Å². The number of hydrogen-bond donors (Lipinski definition) is 0. The minimum absolute atomic E-state index is 0.261. The van der Waals surface area contributed by atoms with Crippen molar-refractivity contribution in [1.82, 2.24) is 4.90 Å². The van der Waals surface area contributed by atoms with E-state index in [4.69, 9.17) is 0 Å².